The Morgan fingerprint density at radius 3 is 2.28 bits per heavy atom. The Kier molecular flexibility index (Phi) is 10.2. The van der Waals surface area contributed by atoms with E-state index in [-0.39, 0.29) is 28.1 Å². The summed E-state index contributed by atoms with van der Waals surface area (Å²) in [4.78, 5) is 28.1. The Morgan fingerprint density at radius 2 is 1.69 bits per heavy atom. The topological polar surface area (TPSA) is 105 Å². The van der Waals surface area contributed by atoms with Crippen molar-refractivity contribution in [1.29, 1.82) is 0 Å². The lowest BCUT2D eigenvalue weighted by Crippen LogP contribution is -2.51. The molecule has 11 heteroatoms. The Bertz CT molecular complexity index is 1400. The molecule has 9 nitrogen and oxygen atoms in total. The van der Waals surface area contributed by atoms with Crippen LogP contribution < -0.4 is 19.1 Å². The van der Waals surface area contributed by atoms with Gasteiger partial charge in [-0.25, -0.2) is 8.42 Å². The first kappa shape index (κ1) is 29.8. The van der Waals surface area contributed by atoms with Gasteiger partial charge in [0.2, 0.25) is 11.8 Å². The molecule has 3 rings (SSSR count). The van der Waals surface area contributed by atoms with Gasteiger partial charge in [0.15, 0.2) is 0 Å². The molecule has 39 heavy (non-hydrogen) atoms. The van der Waals surface area contributed by atoms with Crippen LogP contribution in [0.25, 0.3) is 0 Å². The Balaban J connectivity index is 2.08. The third kappa shape index (κ3) is 7.01. The molecule has 0 aliphatic rings. The van der Waals surface area contributed by atoms with E-state index in [1.807, 2.05) is 0 Å². The fraction of sp³-hybridized carbons (Fsp3) is 0.286. The number of rotatable bonds is 12. The summed E-state index contributed by atoms with van der Waals surface area (Å²) < 4.78 is 39.1. The number of nitrogens with zero attached hydrogens (tertiary/aromatic N) is 2. The van der Waals surface area contributed by atoms with Crippen LogP contribution in [-0.2, 0) is 26.2 Å². The molecular formula is C28H32ClN3O6S. The summed E-state index contributed by atoms with van der Waals surface area (Å²) in [6.07, 6.45) is 0.315. The van der Waals surface area contributed by atoms with Gasteiger partial charge in [-0.05, 0) is 54.4 Å². The maximum absolute atomic E-state index is 13.9. The number of benzene rings is 3. The van der Waals surface area contributed by atoms with E-state index in [0.717, 1.165) is 9.87 Å². The molecule has 0 saturated carbocycles. The van der Waals surface area contributed by atoms with Crippen molar-refractivity contribution in [3.05, 3.63) is 83.4 Å². The number of carbonyl (C=O) groups excluding carboxylic acids is 2. The van der Waals surface area contributed by atoms with Crippen LogP contribution in [0.4, 0.5) is 5.69 Å². The first-order valence-electron chi connectivity index (χ1n) is 12.2. The number of amides is 2. The van der Waals surface area contributed by atoms with Crippen molar-refractivity contribution in [2.75, 3.05) is 32.1 Å². The van der Waals surface area contributed by atoms with E-state index in [1.165, 1.54) is 56.5 Å². The fourth-order valence-electron chi connectivity index (χ4n) is 4.11. The maximum atomic E-state index is 13.9. The maximum Gasteiger partial charge on any atom is 0.264 e. The number of ether oxygens (including phenoxy) is 2. The second-order valence-electron chi connectivity index (χ2n) is 8.56. The Labute approximate surface area is 234 Å². The lowest BCUT2D eigenvalue weighted by atomic mass is 10.1. The molecule has 3 aromatic carbocycles. The molecule has 0 radical (unpaired) electrons. The van der Waals surface area contributed by atoms with Crippen molar-refractivity contribution in [2.24, 2.45) is 0 Å². The second kappa shape index (κ2) is 13.3. The lowest BCUT2D eigenvalue weighted by molar-refractivity contribution is -0.140. The van der Waals surface area contributed by atoms with Gasteiger partial charge >= 0.3 is 0 Å². The molecule has 0 bridgehead atoms. The number of halogens is 1. The monoisotopic (exact) mass is 573 g/mol. The summed E-state index contributed by atoms with van der Waals surface area (Å²) in [5.41, 5.74) is 0.891. The SMILES string of the molecule is CCC(C(=O)NC)N(Cc1cccc(OC)c1)C(=O)CN(c1ccc(OC)c(Cl)c1)S(=O)(=O)c1ccccc1. The number of methoxy groups -OCH3 is 2. The van der Waals surface area contributed by atoms with Crippen LogP contribution in [0.5, 0.6) is 11.5 Å². The molecule has 0 heterocycles. The zero-order valence-corrected chi connectivity index (χ0v) is 23.8. The van der Waals surface area contributed by atoms with Crippen LogP contribution in [0, 0.1) is 0 Å². The molecular weight excluding hydrogens is 542 g/mol. The molecule has 1 N–H and O–H groups in total. The first-order chi connectivity index (χ1) is 18.7. The molecule has 2 amide bonds. The van der Waals surface area contributed by atoms with Crippen LogP contribution in [0.2, 0.25) is 5.02 Å². The van der Waals surface area contributed by atoms with Gasteiger partial charge < -0.3 is 19.7 Å². The fourth-order valence-corrected chi connectivity index (χ4v) is 5.79. The third-order valence-electron chi connectivity index (χ3n) is 6.15. The van der Waals surface area contributed by atoms with Crippen molar-refractivity contribution in [1.82, 2.24) is 10.2 Å². The van der Waals surface area contributed by atoms with Crippen molar-refractivity contribution >= 4 is 39.1 Å². The van der Waals surface area contributed by atoms with E-state index < -0.39 is 28.5 Å². The summed E-state index contributed by atoms with van der Waals surface area (Å²) in [6, 6.07) is 18.6. The molecule has 0 aliphatic carbocycles. The highest BCUT2D eigenvalue weighted by Gasteiger charge is 2.33. The Morgan fingerprint density at radius 1 is 0.974 bits per heavy atom. The minimum atomic E-state index is -4.19. The van der Waals surface area contributed by atoms with E-state index in [4.69, 9.17) is 21.1 Å². The lowest BCUT2D eigenvalue weighted by Gasteiger charge is -2.33. The van der Waals surface area contributed by atoms with E-state index >= 15 is 0 Å². The van der Waals surface area contributed by atoms with Crippen molar-refractivity contribution in [3.63, 3.8) is 0 Å². The summed E-state index contributed by atoms with van der Waals surface area (Å²) >= 11 is 6.33. The number of likely N-dealkylation sites (N-methyl/N-ethyl adjacent to an activating group) is 1. The van der Waals surface area contributed by atoms with Gasteiger partial charge in [-0.15, -0.1) is 0 Å². The van der Waals surface area contributed by atoms with Crippen LogP contribution >= 0.6 is 11.6 Å². The van der Waals surface area contributed by atoms with Gasteiger partial charge in [0.05, 0.1) is 29.8 Å². The van der Waals surface area contributed by atoms with Crippen molar-refractivity contribution in [3.8, 4) is 11.5 Å². The average Bonchev–Trinajstić information content (AvgIpc) is 2.95. The second-order valence-corrected chi connectivity index (χ2v) is 10.8. The van der Waals surface area contributed by atoms with Crippen LogP contribution in [0.1, 0.15) is 18.9 Å². The van der Waals surface area contributed by atoms with E-state index in [2.05, 4.69) is 5.32 Å². The van der Waals surface area contributed by atoms with Crippen molar-refractivity contribution < 1.29 is 27.5 Å². The van der Waals surface area contributed by atoms with E-state index in [9.17, 15) is 18.0 Å². The smallest absolute Gasteiger partial charge is 0.264 e. The zero-order valence-electron chi connectivity index (χ0n) is 22.3. The summed E-state index contributed by atoms with van der Waals surface area (Å²) in [5.74, 6) is 0.0154. The molecule has 0 aromatic heterocycles. The van der Waals surface area contributed by atoms with Crippen LogP contribution in [-0.4, -0.2) is 59.0 Å². The number of nitrogens with one attached hydrogen (secondary N) is 1. The van der Waals surface area contributed by atoms with Gasteiger partial charge in [0.1, 0.15) is 24.1 Å². The molecule has 1 atom stereocenters. The average molecular weight is 574 g/mol. The predicted octanol–water partition coefficient (Wildman–Crippen LogP) is 4.11. The standard InChI is InChI=1S/C28H32ClN3O6S/c1-5-25(28(34)30-2)31(18-20-10-9-11-22(16-20)37-3)27(33)19-32(21-14-15-26(38-4)24(29)17-21)39(35,36)23-12-7-6-8-13-23/h6-17,25H,5,18-19H2,1-4H3,(H,30,34). The van der Waals surface area contributed by atoms with Gasteiger partial charge in [-0.1, -0.05) is 48.9 Å². The zero-order chi connectivity index (χ0) is 28.6. The minimum absolute atomic E-state index is 0.00225. The number of sulfonamides is 1. The highest BCUT2D eigenvalue weighted by Crippen LogP contribution is 2.32. The van der Waals surface area contributed by atoms with Gasteiger partial charge in [0.25, 0.3) is 10.0 Å². The normalized spacial score (nSPS) is 11.8. The van der Waals surface area contributed by atoms with Gasteiger partial charge in [0, 0.05) is 13.6 Å². The highest BCUT2D eigenvalue weighted by molar-refractivity contribution is 7.92. The van der Waals surface area contributed by atoms with Crippen LogP contribution in [0.3, 0.4) is 0 Å². The quantitative estimate of drug-likeness (QED) is 0.350. The summed E-state index contributed by atoms with van der Waals surface area (Å²) in [5, 5.41) is 2.78. The highest BCUT2D eigenvalue weighted by atomic mass is 35.5. The molecule has 208 valence electrons. The Hall–Kier alpha value is -3.76. The predicted molar refractivity (Wildman–Crippen MR) is 151 cm³/mol. The van der Waals surface area contributed by atoms with Crippen LogP contribution in [0.15, 0.2) is 77.7 Å². The number of hydrogen-bond donors (Lipinski definition) is 1. The van der Waals surface area contributed by atoms with E-state index in [0.29, 0.717) is 17.9 Å². The van der Waals surface area contributed by atoms with E-state index in [1.54, 1.807) is 49.4 Å². The first-order valence-corrected chi connectivity index (χ1v) is 14.0. The number of carbonyl (C=O) groups is 2. The minimum Gasteiger partial charge on any atom is -0.497 e. The summed E-state index contributed by atoms with van der Waals surface area (Å²) in [6.45, 7) is 1.27. The number of hydrogen-bond acceptors (Lipinski definition) is 6. The largest absolute Gasteiger partial charge is 0.497 e. The van der Waals surface area contributed by atoms with Gasteiger partial charge in [-0.3, -0.25) is 13.9 Å². The summed E-state index contributed by atoms with van der Waals surface area (Å²) in [7, 11) is 0.279. The third-order valence-corrected chi connectivity index (χ3v) is 8.24. The molecule has 0 fully saturated rings. The van der Waals surface area contributed by atoms with Crippen molar-refractivity contribution in [2.45, 2.75) is 30.8 Å². The molecule has 0 aliphatic heterocycles. The molecule has 1 unspecified atom stereocenters. The molecule has 0 saturated heterocycles. The molecule has 0 spiro atoms. The van der Waals surface area contributed by atoms with Gasteiger partial charge in [-0.2, -0.15) is 0 Å². The molecule has 3 aromatic rings. The number of anilines is 1.